The lowest BCUT2D eigenvalue weighted by Gasteiger charge is -1.32. The number of hydrogen-bond donors (Lipinski definition) is 1. The summed E-state index contributed by atoms with van der Waals surface area (Å²) in [6, 6.07) is 0. The Hall–Kier alpha value is -1.11. The maximum atomic E-state index is 8.29. The largest absolute Gasteiger partial charge is 0.379 e. The molecule has 0 unspecified atom stereocenters. The van der Waals surface area contributed by atoms with Crippen LogP contribution in [0.3, 0.4) is 0 Å². The van der Waals surface area contributed by atoms with Crippen LogP contribution in [0.15, 0.2) is 5.34 Å². The third-order valence-electron chi connectivity index (χ3n) is 0. The van der Waals surface area contributed by atoms with Crippen molar-refractivity contribution in [1.29, 1.82) is 0 Å². The zero-order chi connectivity index (χ0) is 7.41. The summed E-state index contributed by atoms with van der Waals surface area (Å²) in [6.07, 6.45) is 0. The van der Waals surface area contributed by atoms with Crippen LogP contribution in [0.1, 0.15) is 0 Å². The topological polar surface area (TPSA) is 101 Å². The molecule has 0 rings (SSSR count). The third kappa shape index (κ3) is 60.1. The van der Waals surface area contributed by atoms with E-state index in [9.17, 15) is 0 Å². The average Bonchev–Trinajstić information content (AvgIpc) is 1.75. The number of hydrogen-bond acceptors (Lipinski definition) is 5. The zero-order valence-electron chi connectivity index (χ0n) is 3.64. The molecular weight excluding hydrogens is 138 g/mol. The fourth-order valence-corrected chi connectivity index (χ4v) is 0. The van der Waals surface area contributed by atoms with Gasteiger partial charge in [0.1, 0.15) is 6.79 Å². The van der Waals surface area contributed by atoms with Crippen LogP contribution in [0.5, 0.6) is 0 Å². The van der Waals surface area contributed by atoms with Crippen molar-refractivity contribution in [3.05, 3.63) is 4.91 Å². The minimum Gasteiger partial charge on any atom is -0.379 e. The highest BCUT2D eigenvalue weighted by molar-refractivity contribution is 7.51. The molecule has 0 heterocycles. The van der Waals surface area contributed by atoms with E-state index in [1.165, 1.54) is 5.34 Å². The van der Waals surface area contributed by atoms with Crippen molar-refractivity contribution in [2.24, 2.45) is 5.34 Å². The molecule has 6 nitrogen and oxygen atoms in total. The van der Waals surface area contributed by atoms with E-state index in [0.717, 1.165) is 0 Å². The van der Waals surface area contributed by atoms with Crippen LogP contribution < -0.4 is 0 Å². The number of carbonyl (C=O) groups excluding carboxylic acids is 1. The van der Waals surface area contributed by atoms with Crippen LogP contribution in [0.25, 0.3) is 0 Å². The first-order chi connectivity index (χ1) is 3.83. The fourth-order valence-electron chi connectivity index (χ4n) is 0. The van der Waals surface area contributed by atoms with Gasteiger partial charge < -0.3 is 10.0 Å². The Labute approximate surface area is 48.0 Å². The molecule has 0 spiro atoms. The van der Waals surface area contributed by atoms with E-state index in [1.54, 1.807) is 0 Å². The Bertz CT molecular complexity index is 66.8. The molecule has 0 bridgehead atoms. The van der Waals surface area contributed by atoms with Crippen molar-refractivity contribution in [2.75, 3.05) is 0 Å². The van der Waals surface area contributed by atoms with Gasteiger partial charge >= 0.3 is 11.6 Å². The second-order valence-electron chi connectivity index (χ2n) is 0.150. The molecule has 0 aliphatic heterocycles. The molecule has 0 aromatic rings. The van der Waals surface area contributed by atoms with Gasteiger partial charge in [0.25, 0.3) is 0 Å². The van der Waals surface area contributed by atoms with Gasteiger partial charge in [-0.1, -0.05) is 0 Å². The van der Waals surface area contributed by atoms with E-state index in [4.69, 9.17) is 23.3 Å². The van der Waals surface area contributed by atoms with Crippen molar-refractivity contribution in [2.45, 2.75) is 0 Å². The zero-order valence-corrected chi connectivity index (χ0v) is 4.46. The van der Waals surface area contributed by atoms with Crippen LogP contribution in [0.4, 0.5) is 0 Å². The quantitative estimate of drug-likeness (QED) is 0.354. The van der Waals surface area contributed by atoms with Crippen LogP contribution >= 0.6 is 0 Å². The lowest BCUT2D eigenvalue weighted by molar-refractivity contribution is -0.0979. The summed E-state index contributed by atoms with van der Waals surface area (Å²) in [5.74, 6) is 0. The van der Waals surface area contributed by atoms with E-state index in [2.05, 4.69) is 0 Å². The van der Waals surface area contributed by atoms with Gasteiger partial charge in [0, 0.05) is 0 Å². The highest BCUT2D eigenvalue weighted by atomic mass is 32.1. The highest BCUT2D eigenvalue weighted by Gasteiger charge is 1.18. The molecule has 0 fully saturated rings. The molecule has 0 atom stereocenters. The van der Waals surface area contributed by atoms with Gasteiger partial charge in [0.05, 0.1) is 0 Å². The smallest absolute Gasteiger partial charge is 0.335 e. The summed E-state index contributed by atoms with van der Waals surface area (Å²) in [7, 11) is 0. The van der Waals surface area contributed by atoms with E-state index in [-0.39, 0.29) is 0 Å². The first kappa shape index (κ1) is 15.8. The molecule has 0 aliphatic rings. The van der Waals surface area contributed by atoms with Gasteiger partial charge in [-0.25, -0.2) is 0 Å². The fraction of sp³-hybridized carbons (Fsp3) is 0. The normalized spacial score (nSPS) is 3.50. The first-order valence-corrected chi connectivity index (χ1v) is 1.67. The molecule has 0 saturated heterocycles. The summed E-state index contributed by atoms with van der Waals surface area (Å²) in [5.41, 5.74) is 0. The van der Waals surface area contributed by atoms with E-state index < -0.39 is 11.6 Å². The Morgan fingerprint density at radius 2 is 1.38 bits per heavy atom. The van der Waals surface area contributed by atoms with Gasteiger partial charge in [0.15, 0.2) is 5.34 Å². The summed E-state index contributed by atoms with van der Waals surface area (Å²) < 4.78 is 16.6. The van der Waals surface area contributed by atoms with Crippen molar-refractivity contribution >= 4 is 18.4 Å². The minimum absolute atomic E-state index is 0.750. The number of carbonyl (C=O) groups is 1. The molecule has 0 aromatic carbocycles. The molecule has 8 heavy (non-hydrogen) atoms. The highest BCUT2D eigenvalue weighted by Crippen LogP contribution is 1.25. The molecular formula is CH3NO5S. The Balaban J connectivity index is -0.0000000483. The Morgan fingerprint density at radius 3 is 1.38 bits per heavy atom. The van der Waals surface area contributed by atoms with Gasteiger partial charge in [-0.3, -0.25) is 0 Å². The van der Waals surface area contributed by atoms with Gasteiger partial charge in [-0.2, -0.15) is 8.42 Å². The van der Waals surface area contributed by atoms with Crippen LogP contribution in [-0.4, -0.2) is 20.4 Å². The SMILES string of the molecule is C=O.O=NO.O=S=O. The first-order valence-electron chi connectivity index (χ1n) is 1.00. The van der Waals surface area contributed by atoms with Gasteiger partial charge in [-0.15, -0.1) is 4.91 Å². The molecule has 1 N–H and O–H groups in total. The van der Waals surface area contributed by atoms with Crippen LogP contribution in [0, 0.1) is 4.91 Å². The summed E-state index contributed by atoms with van der Waals surface area (Å²) in [4.78, 5) is 16.1. The minimum atomic E-state index is -0.750. The molecule has 0 radical (unpaired) electrons. The monoisotopic (exact) mass is 141 g/mol. The Morgan fingerprint density at radius 1 is 1.38 bits per heavy atom. The lowest BCUT2D eigenvalue weighted by Crippen LogP contribution is -1.25. The van der Waals surface area contributed by atoms with Gasteiger partial charge in [-0.05, 0) is 0 Å². The van der Waals surface area contributed by atoms with Crippen molar-refractivity contribution in [3.8, 4) is 0 Å². The molecule has 7 heteroatoms. The standard InChI is InChI=1S/CH2O.HNO2.O2S/c1-2;2-1-3;1-3-2/h1H2;(H,2,3);. The van der Waals surface area contributed by atoms with Crippen molar-refractivity contribution in [3.63, 3.8) is 0 Å². The molecule has 0 amide bonds. The average molecular weight is 141 g/mol. The molecule has 0 aliphatic carbocycles. The Kier molecular flexibility index (Phi) is 351. The number of rotatable bonds is 0. The van der Waals surface area contributed by atoms with E-state index in [0.29, 0.717) is 0 Å². The van der Waals surface area contributed by atoms with Crippen molar-refractivity contribution in [1.82, 2.24) is 0 Å². The molecule has 48 valence electrons. The predicted octanol–water partition coefficient (Wildman–Crippen LogP) is -0.713. The van der Waals surface area contributed by atoms with Crippen LogP contribution in [0.2, 0.25) is 0 Å². The maximum absolute atomic E-state index is 8.29. The van der Waals surface area contributed by atoms with E-state index in [1.807, 2.05) is 6.79 Å². The summed E-state index contributed by atoms with van der Waals surface area (Å²) in [6.45, 7) is 2.00. The predicted molar refractivity (Wildman–Crippen MR) is 23.6 cm³/mol. The molecule has 0 saturated carbocycles. The van der Waals surface area contributed by atoms with Crippen molar-refractivity contribution < 1.29 is 18.4 Å². The van der Waals surface area contributed by atoms with Crippen LogP contribution in [-0.2, 0) is 16.4 Å². The summed E-state index contributed by atoms with van der Waals surface area (Å²) in [5, 5.41) is 7.89. The second kappa shape index (κ2) is 178. The maximum Gasteiger partial charge on any atom is 0.335 e. The number of nitrogens with zero attached hydrogens (tertiary/aromatic N) is 1. The molecule has 0 aromatic heterocycles. The second-order valence-corrected chi connectivity index (χ2v) is 0.286. The summed E-state index contributed by atoms with van der Waals surface area (Å²) >= 11 is -0.750. The van der Waals surface area contributed by atoms with Gasteiger partial charge in [0.2, 0.25) is 0 Å². The van der Waals surface area contributed by atoms with E-state index >= 15 is 0 Å². The lowest BCUT2D eigenvalue weighted by atomic mass is 11.9. The third-order valence-corrected chi connectivity index (χ3v) is 0.